The Labute approximate surface area is 88.5 Å². The molecule has 1 heteroatoms. The van der Waals surface area contributed by atoms with Gasteiger partial charge in [0.15, 0.2) is 0 Å². The van der Waals surface area contributed by atoms with Gasteiger partial charge in [0.2, 0.25) is 0 Å². The Bertz CT molecular complexity index is 277. The van der Waals surface area contributed by atoms with Crippen molar-refractivity contribution in [2.45, 2.75) is 33.6 Å². The normalized spacial score (nSPS) is 10.3. The zero-order chi connectivity index (χ0) is 9.14. The fourth-order valence-electron chi connectivity index (χ4n) is 1.39. The standard InChI is InChI=1S/C11H15I/c1-4-5-10-8(2)6-7-9(3)11(10)12/h6-7H,4-5H2,1-3H3. The number of benzene rings is 1. The molecule has 0 saturated carbocycles. The molecule has 0 fully saturated rings. The van der Waals surface area contributed by atoms with Crippen molar-refractivity contribution in [1.29, 1.82) is 0 Å². The lowest BCUT2D eigenvalue weighted by Gasteiger charge is -2.09. The van der Waals surface area contributed by atoms with Crippen molar-refractivity contribution in [1.82, 2.24) is 0 Å². The molecule has 0 atom stereocenters. The van der Waals surface area contributed by atoms with Gasteiger partial charge in [-0.2, -0.15) is 0 Å². The van der Waals surface area contributed by atoms with Crippen LogP contribution in [0, 0.1) is 17.4 Å². The molecule has 0 unspecified atom stereocenters. The fraction of sp³-hybridized carbons (Fsp3) is 0.455. The predicted octanol–water partition coefficient (Wildman–Crippen LogP) is 3.86. The number of halogens is 1. The van der Waals surface area contributed by atoms with Gasteiger partial charge in [-0.15, -0.1) is 0 Å². The smallest absolute Gasteiger partial charge is 0.0194 e. The van der Waals surface area contributed by atoms with Crippen LogP contribution in [-0.4, -0.2) is 0 Å². The largest absolute Gasteiger partial charge is 0.0651 e. The molecule has 0 aromatic heterocycles. The summed E-state index contributed by atoms with van der Waals surface area (Å²) in [5, 5.41) is 0. The lowest BCUT2D eigenvalue weighted by atomic mass is 10.0. The third kappa shape index (κ3) is 2.00. The molecule has 0 spiro atoms. The fourth-order valence-corrected chi connectivity index (χ4v) is 2.27. The lowest BCUT2D eigenvalue weighted by Crippen LogP contribution is -1.95. The van der Waals surface area contributed by atoms with Crippen molar-refractivity contribution >= 4 is 22.6 Å². The molecule has 0 heterocycles. The van der Waals surface area contributed by atoms with Gasteiger partial charge in [-0.05, 0) is 59.5 Å². The van der Waals surface area contributed by atoms with Gasteiger partial charge in [0.25, 0.3) is 0 Å². The maximum atomic E-state index is 2.45. The molecule has 0 aliphatic carbocycles. The number of rotatable bonds is 2. The van der Waals surface area contributed by atoms with Crippen LogP contribution in [0.5, 0.6) is 0 Å². The van der Waals surface area contributed by atoms with E-state index in [-0.39, 0.29) is 0 Å². The first-order valence-corrected chi connectivity index (χ1v) is 5.49. The molecule has 0 nitrogen and oxygen atoms in total. The molecule has 1 aromatic rings. The molecule has 0 saturated heterocycles. The molecule has 12 heavy (non-hydrogen) atoms. The zero-order valence-electron chi connectivity index (χ0n) is 7.95. The van der Waals surface area contributed by atoms with E-state index >= 15 is 0 Å². The average Bonchev–Trinajstić information content (AvgIpc) is 2.06. The van der Waals surface area contributed by atoms with Crippen LogP contribution in [0.1, 0.15) is 30.0 Å². The third-order valence-corrected chi connectivity index (χ3v) is 3.67. The van der Waals surface area contributed by atoms with Gasteiger partial charge in [0.05, 0.1) is 0 Å². The molecule has 66 valence electrons. The van der Waals surface area contributed by atoms with Gasteiger partial charge in [-0.25, -0.2) is 0 Å². The minimum Gasteiger partial charge on any atom is -0.0651 e. The molecule has 0 N–H and O–H groups in total. The molecular formula is C11H15I. The molecule has 0 radical (unpaired) electrons. The van der Waals surface area contributed by atoms with Crippen LogP contribution in [0.3, 0.4) is 0 Å². The first-order valence-electron chi connectivity index (χ1n) is 4.41. The van der Waals surface area contributed by atoms with E-state index in [2.05, 4.69) is 55.5 Å². The monoisotopic (exact) mass is 274 g/mol. The van der Waals surface area contributed by atoms with Crippen molar-refractivity contribution in [2.75, 3.05) is 0 Å². The highest BCUT2D eigenvalue weighted by Gasteiger charge is 2.04. The Kier molecular flexibility index (Phi) is 3.56. The summed E-state index contributed by atoms with van der Waals surface area (Å²) in [5.41, 5.74) is 4.38. The van der Waals surface area contributed by atoms with Crippen molar-refractivity contribution < 1.29 is 0 Å². The second-order valence-electron chi connectivity index (χ2n) is 3.24. The predicted molar refractivity (Wildman–Crippen MR) is 62.6 cm³/mol. The Morgan fingerprint density at radius 2 is 1.75 bits per heavy atom. The van der Waals surface area contributed by atoms with Gasteiger partial charge in [0.1, 0.15) is 0 Å². The summed E-state index contributed by atoms with van der Waals surface area (Å²) in [7, 11) is 0. The first kappa shape index (κ1) is 10.0. The Morgan fingerprint density at radius 3 is 2.33 bits per heavy atom. The van der Waals surface area contributed by atoms with E-state index in [1.807, 2.05) is 0 Å². The van der Waals surface area contributed by atoms with E-state index in [0.29, 0.717) is 0 Å². The van der Waals surface area contributed by atoms with Gasteiger partial charge < -0.3 is 0 Å². The summed E-state index contributed by atoms with van der Waals surface area (Å²) in [4.78, 5) is 0. The lowest BCUT2D eigenvalue weighted by molar-refractivity contribution is 0.904. The summed E-state index contributed by atoms with van der Waals surface area (Å²) in [6.07, 6.45) is 2.45. The highest BCUT2D eigenvalue weighted by atomic mass is 127. The zero-order valence-corrected chi connectivity index (χ0v) is 10.1. The molecular weight excluding hydrogens is 259 g/mol. The summed E-state index contributed by atoms with van der Waals surface area (Å²) in [5.74, 6) is 0. The highest BCUT2D eigenvalue weighted by Crippen LogP contribution is 2.21. The number of hydrogen-bond donors (Lipinski definition) is 0. The molecule has 1 aromatic carbocycles. The van der Waals surface area contributed by atoms with Crippen molar-refractivity contribution in [3.05, 3.63) is 32.4 Å². The van der Waals surface area contributed by atoms with Gasteiger partial charge >= 0.3 is 0 Å². The SMILES string of the molecule is CCCc1c(C)ccc(C)c1I. The molecule has 0 amide bonds. The maximum Gasteiger partial charge on any atom is 0.0194 e. The molecule has 1 rings (SSSR count). The molecule has 0 bridgehead atoms. The van der Waals surface area contributed by atoms with E-state index in [1.165, 1.54) is 33.1 Å². The minimum atomic E-state index is 1.21. The molecule has 0 aliphatic rings. The third-order valence-electron chi connectivity index (χ3n) is 2.17. The Hall–Kier alpha value is -0.0500. The van der Waals surface area contributed by atoms with E-state index in [4.69, 9.17) is 0 Å². The quantitative estimate of drug-likeness (QED) is 0.718. The van der Waals surface area contributed by atoms with Crippen molar-refractivity contribution in [2.24, 2.45) is 0 Å². The minimum absolute atomic E-state index is 1.21. The van der Waals surface area contributed by atoms with Gasteiger partial charge in [-0.3, -0.25) is 0 Å². The first-order chi connectivity index (χ1) is 5.66. The summed E-state index contributed by atoms with van der Waals surface area (Å²) >= 11 is 2.45. The highest BCUT2D eigenvalue weighted by molar-refractivity contribution is 14.1. The van der Waals surface area contributed by atoms with Gasteiger partial charge in [0, 0.05) is 3.57 Å². The van der Waals surface area contributed by atoms with E-state index in [0.717, 1.165) is 0 Å². The van der Waals surface area contributed by atoms with E-state index < -0.39 is 0 Å². The second kappa shape index (κ2) is 4.26. The van der Waals surface area contributed by atoms with Crippen molar-refractivity contribution in [3.8, 4) is 0 Å². The van der Waals surface area contributed by atoms with Crippen LogP contribution in [0.2, 0.25) is 0 Å². The summed E-state index contributed by atoms with van der Waals surface area (Å²) < 4.78 is 1.45. The summed E-state index contributed by atoms with van der Waals surface area (Å²) in [6.45, 7) is 6.62. The van der Waals surface area contributed by atoms with Crippen LogP contribution in [-0.2, 0) is 6.42 Å². The Morgan fingerprint density at radius 1 is 1.17 bits per heavy atom. The van der Waals surface area contributed by atoms with Crippen LogP contribution in [0.25, 0.3) is 0 Å². The maximum absolute atomic E-state index is 2.45. The van der Waals surface area contributed by atoms with Crippen LogP contribution < -0.4 is 0 Å². The van der Waals surface area contributed by atoms with Crippen LogP contribution in [0.15, 0.2) is 12.1 Å². The van der Waals surface area contributed by atoms with Crippen molar-refractivity contribution in [3.63, 3.8) is 0 Å². The second-order valence-corrected chi connectivity index (χ2v) is 4.32. The summed E-state index contributed by atoms with van der Waals surface area (Å²) in [6, 6.07) is 4.43. The Balaban J connectivity index is 3.14. The average molecular weight is 274 g/mol. The molecule has 0 aliphatic heterocycles. The van der Waals surface area contributed by atoms with Crippen LogP contribution >= 0.6 is 22.6 Å². The van der Waals surface area contributed by atoms with E-state index in [1.54, 1.807) is 0 Å². The van der Waals surface area contributed by atoms with E-state index in [9.17, 15) is 0 Å². The number of aryl methyl sites for hydroxylation is 2. The topological polar surface area (TPSA) is 0 Å². The van der Waals surface area contributed by atoms with Gasteiger partial charge in [-0.1, -0.05) is 25.5 Å². The van der Waals surface area contributed by atoms with Crippen LogP contribution in [0.4, 0.5) is 0 Å². The number of hydrogen-bond acceptors (Lipinski definition) is 0.